The van der Waals surface area contributed by atoms with Crippen molar-refractivity contribution >= 4 is 17.2 Å². The van der Waals surface area contributed by atoms with Gasteiger partial charge in [-0.05, 0) is 43.4 Å². The summed E-state index contributed by atoms with van der Waals surface area (Å²) in [7, 11) is 0. The van der Waals surface area contributed by atoms with E-state index in [0.717, 1.165) is 41.2 Å². The highest BCUT2D eigenvalue weighted by molar-refractivity contribution is 6.11. The predicted molar refractivity (Wildman–Crippen MR) is 101 cm³/mol. The number of carbonyl (C=O) groups is 1. The number of piperidine rings is 1. The SMILES string of the molecule is CC[C@@H]1CCCN(c2c(N)ccc(C(=O)c3ccccc3)c2C)C1. The first kappa shape index (κ1) is 16.6. The molecule has 0 unspecified atom stereocenters. The van der Waals surface area contributed by atoms with Crippen LogP contribution in [0, 0.1) is 12.8 Å². The van der Waals surface area contributed by atoms with Gasteiger partial charge in [-0.25, -0.2) is 0 Å². The summed E-state index contributed by atoms with van der Waals surface area (Å²) in [4.78, 5) is 15.3. The van der Waals surface area contributed by atoms with Gasteiger partial charge < -0.3 is 10.6 Å². The van der Waals surface area contributed by atoms with Crippen LogP contribution in [0.15, 0.2) is 42.5 Å². The third-order valence-electron chi connectivity index (χ3n) is 5.16. The third-order valence-corrected chi connectivity index (χ3v) is 5.16. The summed E-state index contributed by atoms with van der Waals surface area (Å²) in [5.74, 6) is 0.782. The molecule has 1 saturated heterocycles. The summed E-state index contributed by atoms with van der Waals surface area (Å²) in [6, 6.07) is 13.2. The zero-order chi connectivity index (χ0) is 17.1. The van der Waals surface area contributed by atoms with E-state index in [4.69, 9.17) is 5.73 Å². The predicted octanol–water partition coefficient (Wildman–Crippen LogP) is 4.43. The number of nitrogens with zero attached hydrogens (tertiary/aromatic N) is 1. The van der Waals surface area contributed by atoms with E-state index in [9.17, 15) is 4.79 Å². The third kappa shape index (κ3) is 3.16. The molecule has 126 valence electrons. The topological polar surface area (TPSA) is 46.3 Å². The van der Waals surface area contributed by atoms with Crippen LogP contribution in [0.2, 0.25) is 0 Å². The zero-order valence-electron chi connectivity index (χ0n) is 14.6. The first-order valence-corrected chi connectivity index (χ1v) is 8.85. The maximum atomic E-state index is 12.9. The first-order valence-electron chi connectivity index (χ1n) is 8.85. The van der Waals surface area contributed by atoms with Crippen LogP contribution in [-0.4, -0.2) is 18.9 Å². The number of benzene rings is 2. The molecule has 3 heteroatoms. The van der Waals surface area contributed by atoms with Crippen molar-refractivity contribution in [3.05, 3.63) is 59.2 Å². The lowest BCUT2D eigenvalue weighted by molar-refractivity contribution is 0.103. The van der Waals surface area contributed by atoms with E-state index in [2.05, 4.69) is 11.8 Å². The quantitative estimate of drug-likeness (QED) is 0.669. The molecule has 3 nitrogen and oxygen atoms in total. The maximum absolute atomic E-state index is 12.9. The van der Waals surface area contributed by atoms with Gasteiger partial charge in [0, 0.05) is 24.2 Å². The van der Waals surface area contributed by atoms with E-state index in [1.807, 2.05) is 49.4 Å². The molecule has 1 fully saturated rings. The Labute approximate surface area is 144 Å². The summed E-state index contributed by atoms with van der Waals surface area (Å²) >= 11 is 0. The van der Waals surface area contributed by atoms with Gasteiger partial charge in [-0.3, -0.25) is 4.79 Å². The van der Waals surface area contributed by atoms with Gasteiger partial charge in [0.05, 0.1) is 11.4 Å². The van der Waals surface area contributed by atoms with Gasteiger partial charge in [-0.15, -0.1) is 0 Å². The van der Waals surface area contributed by atoms with Crippen LogP contribution < -0.4 is 10.6 Å². The van der Waals surface area contributed by atoms with Gasteiger partial charge in [0.2, 0.25) is 0 Å². The van der Waals surface area contributed by atoms with Crippen LogP contribution in [0.1, 0.15) is 47.7 Å². The lowest BCUT2D eigenvalue weighted by Gasteiger charge is -2.36. The highest BCUT2D eigenvalue weighted by Gasteiger charge is 2.24. The van der Waals surface area contributed by atoms with Crippen molar-refractivity contribution in [1.82, 2.24) is 0 Å². The van der Waals surface area contributed by atoms with Crippen molar-refractivity contribution in [1.29, 1.82) is 0 Å². The van der Waals surface area contributed by atoms with Crippen molar-refractivity contribution < 1.29 is 4.79 Å². The molecule has 2 aromatic carbocycles. The molecule has 0 spiro atoms. The van der Waals surface area contributed by atoms with E-state index in [1.165, 1.54) is 19.3 Å². The van der Waals surface area contributed by atoms with Crippen molar-refractivity contribution in [3.8, 4) is 0 Å². The average Bonchev–Trinajstić information content (AvgIpc) is 2.62. The maximum Gasteiger partial charge on any atom is 0.193 e. The molecule has 0 radical (unpaired) electrons. The van der Waals surface area contributed by atoms with Crippen molar-refractivity contribution in [2.75, 3.05) is 23.7 Å². The Morgan fingerprint density at radius 2 is 1.96 bits per heavy atom. The summed E-state index contributed by atoms with van der Waals surface area (Å²) in [5, 5.41) is 0. The standard InChI is InChI=1S/C21H26N2O/c1-3-16-8-7-13-23(14-16)20-15(2)18(11-12-19(20)22)21(24)17-9-5-4-6-10-17/h4-6,9-12,16H,3,7-8,13-14,22H2,1-2H3/t16-/m1/s1. The number of anilines is 2. The highest BCUT2D eigenvalue weighted by Crippen LogP contribution is 2.34. The fraction of sp³-hybridized carbons (Fsp3) is 0.381. The molecule has 1 aliphatic rings. The Balaban J connectivity index is 1.98. The van der Waals surface area contributed by atoms with E-state index >= 15 is 0 Å². The van der Waals surface area contributed by atoms with Crippen LogP contribution in [0.4, 0.5) is 11.4 Å². The molecule has 24 heavy (non-hydrogen) atoms. The minimum absolute atomic E-state index is 0.0680. The Kier molecular flexibility index (Phi) is 4.89. The van der Waals surface area contributed by atoms with E-state index in [-0.39, 0.29) is 5.78 Å². The minimum atomic E-state index is 0.0680. The summed E-state index contributed by atoms with van der Waals surface area (Å²) in [6.45, 7) is 6.33. The van der Waals surface area contributed by atoms with Gasteiger partial charge in [-0.2, -0.15) is 0 Å². The molecular weight excluding hydrogens is 296 g/mol. The summed E-state index contributed by atoms with van der Waals surface area (Å²) in [5.41, 5.74) is 10.6. The van der Waals surface area contributed by atoms with Crippen molar-refractivity contribution in [2.45, 2.75) is 33.1 Å². The number of hydrogen-bond donors (Lipinski definition) is 1. The molecule has 0 saturated carbocycles. The molecule has 0 amide bonds. The van der Waals surface area contributed by atoms with E-state index in [0.29, 0.717) is 5.92 Å². The van der Waals surface area contributed by atoms with Gasteiger partial charge in [0.25, 0.3) is 0 Å². The van der Waals surface area contributed by atoms with Crippen LogP contribution in [0.25, 0.3) is 0 Å². The highest BCUT2D eigenvalue weighted by atomic mass is 16.1. The molecule has 1 atom stereocenters. The molecule has 0 bridgehead atoms. The second-order valence-electron chi connectivity index (χ2n) is 6.73. The fourth-order valence-corrected chi connectivity index (χ4v) is 3.73. The molecular formula is C21H26N2O. The van der Waals surface area contributed by atoms with Gasteiger partial charge in [-0.1, -0.05) is 43.7 Å². The van der Waals surface area contributed by atoms with E-state index < -0.39 is 0 Å². The summed E-state index contributed by atoms with van der Waals surface area (Å²) < 4.78 is 0. The zero-order valence-corrected chi connectivity index (χ0v) is 14.6. The first-order chi connectivity index (χ1) is 11.6. The van der Waals surface area contributed by atoms with Gasteiger partial charge in [0.1, 0.15) is 0 Å². The second kappa shape index (κ2) is 7.08. The molecule has 2 N–H and O–H groups in total. The lowest BCUT2D eigenvalue weighted by Crippen LogP contribution is -2.36. The normalized spacial score (nSPS) is 17.8. The average molecular weight is 322 g/mol. The number of rotatable bonds is 4. The smallest absolute Gasteiger partial charge is 0.193 e. The molecule has 0 aromatic heterocycles. The van der Waals surface area contributed by atoms with Crippen LogP contribution in [0.3, 0.4) is 0 Å². The number of ketones is 1. The Hall–Kier alpha value is -2.29. The molecule has 0 aliphatic carbocycles. The summed E-state index contributed by atoms with van der Waals surface area (Å²) in [6.07, 6.45) is 3.67. The van der Waals surface area contributed by atoms with Crippen LogP contribution in [-0.2, 0) is 0 Å². The van der Waals surface area contributed by atoms with Crippen molar-refractivity contribution in [3.63, 3.8) is 0 Å². The Morgan fingerprint density at radius 1 is 1.21 bits per heavy atom. The van der Waals surface area contributed by atoms with Crippen LogP contribution >= 0.6 is 0 Å². The fourth-order valence-electron chi connectivity index (χ4n) is 3.73. The number of hydrogen-bond acceptors (Lipinski definition) is 3. The monoisotopic (exact) mass is 322 g/mol. The largest absolute Gasteiger partial charge is 0.397 e. The van der Waals surface area contributed by atoms with E-state index in [1.54, 1.807) is 0 Å². The second-order valence-corrected chi connectivity index (χ2v) is 6.73. The van der Waals surface area contributed by atoms with Crippen LogP contribution in [0.5, 0.6) is 0 Å². The number of nitrogens with two attached hydrogens (primary N) is 1. The van der Waals surface area contributed by atoms with Crippen molar-refractivity contribution in [2.24, 2.45) is 5.92 Å². The number of carbonyl (C=O) groups excluding carboxylic acids is 1. The van der Waals surface area contributed by atoms with Gasteiger partial charge in [0.15, 0.2) is 5.78 Å². The number of nitrogen functional groups attached to an aromatic ring is 1. The minimum Gasteiger partial charge on any atom is -0.397 e. The molecule has 2 aromatic rings. The lowest BCUT2D eigenvalue weighted by atomic mass is 9.92. The van der Waals surface area contributed by atoms with Gasteiger partial charge >= 0.3 is 0 Å². The molecule has 1 aliphatic heterocycles. The molecule has 3 rings (SSSR count). The molecule has 1 heterocycles. The Bertz CT molecular complexity index is 724. The Morgan fingerprint density at radius 3 is 2.67 bits per heavy atom.